The van der Waals surface area contributed by atoms with Crippen molar-refractivity contribution < 1.29 is 14.6 Å². The zero-order valence-corrected chi connectivity index (χ0v) is 11.5. The molecule has 18 heavy (non-hydrogen) atoms. The van der Waals surface area contributed by atoms with E-state index >= 15 is 0 Å². The predicted molar refractivity (Wildman–Crippen MR) is 69.6 cm³/mol. The molecule has 0 aromatic heterocycles. The van der Waals surface area contributed by atoms with Gasteiger partial charge in [-0.15, -0.1) is 0 Å². The van der Waals surface area contributed by atoms with Gasteiger partial charge >= 0.3 is 5.97 Å². The Morgan fingerprint density at radius 2 is 2.17 bits per heavy atom. The maximum Gasteiger partial charge on any atom is 0.307 e. The second-order valence-corrected chi connectivity index (χ2v) is 6.06. The minimum atomic E-state index is -0.704. The van der Waals surface area contributed by atoms with Crippen molar-refractivity contribution in [2.45, 2.75) is 57.1 Å². The van der Waals surface area contributed by atoms with Gasteiger partial charge in [-0.3, -0.25) is 4.79 Å². The third kappa shape index (κ3) is 3.04. The Balaban J connectivity index is 1.90. The molecule has 104 valence electrons. The fourth-order valence-corrected chi connectivity index (χ4v) is 3.41. The quantitative estimate of drug-likeness (QED) is 0.836. The average Bonchev–Trinajstić information content (AvgIpc) is 2.77. The van der Waals surface area contributed by atoms with Crippen LogP contribution < -0.4 is 0 Å². The number of carboxylic acid groups (broad SMARTS) is 1. The summed E-state index contributed by atoms with van der Waals surface area (Å²) < 4.78 is 6.02. The molecule has 2 atom stereocenters. The molecule has 1 heterocycles. The molecular formula is C14H25NO3. The minimum Gasteiger partial charge on any atom is -0.481 e. The lowest BCUT2D eigenvalue weighted by molar-refractivity contribution is -0.142. The number of carbonyl (C=O) groups is 1. The smallest absolute Gasteiger partial charge is 0.307 e. The maximum atomic E-state index is 10.9. The first kappa shape index (κ1) is 13.8. The summed E-state index contributed by atoms with van der Waals surface area (Å²) in [6, 6.07) is 0.485. The molecule has 2 aliphatic rings. The third-order valence-corrected chi connectivity index (χ3v) is 4.59. The first-order valence-corrected chi connectivity index (χ1v) is 7.09. The molecule has 1 N–H and O–H groups in total. The molecule has 4 heteroatoms. The van der Waals surface area contributed by atoms with E-state index in [-0.39, 0.29) is 11.5 Å². The molecule has 0 amide bonds. The van der Waals surface area contributed by atoms with Gasteiger partial charge < -0.3 is 14.7 Å². The number of ether oxygens (including phenoxy) is 1. The van der Waals surface area contributed by atoms with Crippen LogP contribution in [0.25, 0.3) is 0 Å². The Hall–Kier alpha value is -0.610. The summed E-state index contributed by atoms with van der Waals surface area (Å²) in [6.07, 6.45) is 7.04. The predicted octanol–water partition coefficient (Wildman–Crippen LogP) is 2.13. The molecule has 0 aromatic rings. The number of nitrogens with zero attached hydrogens (tertiary/aromatic N) is 1. The van der Waals surface area contributed by atoms with E-state index in [2.05, 4.69) is 11.9 Å². The molecule has 1 saturated heterocycles. The van der Waals surface area contributed by atoms with Crippen molar-refractivity contribution in [3.8, 4) is 0 Å². The zero-order chi connectivity index (χ0) is 13.2. The largest absolute Gasteiger partial charge is 0.481 e. The van der Waals surface area contributed by atoms with Crippen molar-refractivity contribution >= 4 is 5.97 Å². The van der Waals surface area contributed by atoms with Crippen LogP contribution in [0, 0.1) is 5.92 Å². The van der Waals surface area contributed by atoms with Crippen LogP contribution in [0.15, 0.2) is 0 Å². The fourth-order valence-electron chi connectivity index (χ4n) is 3.41. The van der Waals surface area contributed by atoms with Crippen molar-refractivity contribution in [1.29, 1.82) is 0 Å². The Bertz CT molecular complexity index is 299. The highest BCUT2D eigenvalue weighted by molar-refractivity contribution is 5.69. The van der Waals surface area contributed by atoms with Crippen LogP contribution in [0.2, 0.25) is 0 Å². The normalized spacial score (nSPS) is 28.7. The lowest BCUT2D eigenvalue weighted by Gasteiger charge is -2.42. The van der Waals surface area contributed by atoms with Crippen LogP contribution in [0.4, 0.5) is 0 Å². The molecule has 1 aliphatic heterocycles. The monoisotopic (exact) mass is 255 g/mol. The van der Waals surface area contributed by atoms with Crippen LogP contribution in [0.1, 0.15) is 45.4 Å². The zero-order valence-electron chi connectivity index (χ0n) is 11.5. The van der Waals surface area contributed by atoms with Gasteiger partial charge in [0, 0.05) is 19.2 Å². The van der Waals surface area contributed by atoms with Crippen LogP contribution in [-0.4, -0.2) is 47.8 Å². The standard InChI is InChI=1S/C14H25NO3/c1-11(13(16)17)10-15(2)12-5-8-18-14(9-12)6-3-4-7-14/h11-12H,3-10H2,1-2H3,(H,16,17). The Morgan fingerprint density at radius 3 is 2.78 bits per heavy atom. The first-order valence-electron chi connectivity index (χ1n) is 7.09. The molecule has 0 bridgehead atoms. The second kappa shape index (κ2) is 5.57. The van der Waals surface area contributed by atoms with E-state index in [4.69, 9.17) is 9.84 Å². The average molecular weight is 255 g/mol. The molecule has 1 aliphatic carbocycles. The van der Waals surface area contributed by atoms with Gasteiger partial charge in [-0.2, -0.15) is 0 Å². The number of aliphatic carboxylic acids is 1. The van der Waals surface area contributed by atoms with Crippen LogP contribution >= 0.6 is 0 Å². The summed E-state index contributed by atoms with van der Waals surface area (Å²) in [4.78, 5) is 13.1. The topological polar surface area (TPSA) is 49.8 Å². The Labute approximate surface area is 109 Å². The lowest BCUT2D eigenvalue weighted by atomic mass is 9.88. The Morgan fingerprint density at radius 1 is 1.50 bits per heavy atom. The highest BCUT2D eigenvalue weighted by Gasteiger charge is 2.41. The molecule has 4 nitrogen and oxygen atoms in total. The van der Waals surface area contributed by atoms with E-state index in [1.807, 2.05) is 0 Å². The highest BCUT2D eigenvalue weighted by atomic mass is 16.5. The SMILES string of the molecule is CC(CN(C)C1CCOC2(CCCC2)C1)C(=O)O. The van der Waals surface area contributed by atoms with Gasteiger partial charge in [-0.05, 0) is 32.7 Å². The third-order valence-electron chi connectivity index (χ3n) is 4.59. The van der Waals surface area contributed by atoms with Gasteiger partial charge in [-0.25, -0.2) is 0 Å². The summed E-state index contributed by atoms with van der Waals surface area (Å²) in [5.41, 5.74) is 0.115. The van der Waals surface area contributed by atoms with Crippen molar-refractivity contribution in [3.63, 3.8) is 0 Å². The summed E-state index contributed by atoms with van der Waals surface area (Å²) in [7, 11) is 2.05. The molecule has 1 spiro atoms. The van der Waals surface area contributed by atoms with E-state index in [0.717, 1.165) is 19.4 Å². The molecule has 0 radical (unpaired) electrons. The summed E-state index contributed by atoms with van der Waals surface area (Å²) in [5, 5.41) is 8.98. The fraction of sp³-hybridized carbons (Fsp3) is 0.929. The molecular weight excluding hydrogens is 230 g/mol. The molecule has 1 saturated carbocycles. The van der Waals surface area contributed by atoms with Gasteiger partial charge in [0.05, 0.1) is 11.5 Å². The molecule has 2 unspecified atom stereocenters. The van der Waals surface area contributed by atoms with E-state index < -0.39 is 5.97 Å². The van der Waals surface area contributed by atoms with Gasteiger partial charge in [0.2, 0.25) is 0 Å². The molecule has 2 rings (SSSR count). The van der Waals surface area contributed by atoms with Crippen molar-refractivity contribution in [2.75, 3.05) is 20.2 Å². The Kier molecular flexibility index (Phi) is 4.28. The number of hydrogen-bond donors (Lipinski definition) is 1. The van der Waals surface area contributed by atoms with Gasteiger partial charge in [0.1, 0.15) is 0 Å². The van der Waals surface area contributed by atoms with Crippen LogP contribution in [0.3, 0.4) is 0 Å². The number of rotatable bonds is 4. The van der Waals surface area contributed by atoms with Crippen LogP contribution in [0.5, 0.6) is 0 Å². The minimum absolute atomic E-state index is 0.115. The maximum absolute atomic E-state index is 10.9. The summed E-state index contributed by atoms with van der Waals surface area (Å²) >= 11 is 0. The highest BCUT2D eigenvalue weighted by Crippen LogP contribution is 2.41. The second-order valence-electron chi connectivity index (χ2n) is 6.06. The van der Waals surface area contributed by atoms with Gasteiger partial charge in [-0.1, -0.05) is 19.8 Å². The van der Waals surface area contributed by atoms with Crippen molar-refractivity contribution in [1.82, 2.24) is 4.90 Å². The van der Waals surface area contributed by atoms with E-state index in [9.17, 15) is 4.79 Å². The molecule has 2 fully saturated rings. The molecule has 0 aromatic carbocycles. The first-order chi connectivity index (χ1) is 8.52. The summed E-state index contributed by atoms with van der Waals surface area (Å²) in [5.74, 6) is -0.998. The summed E-state index contributed by atoms with van der Waals surface area (Å²) in [6.45, 7) is 3.25. The van der Waals surface area contributed by atoms with E-state index in [0.29, 0.717) is 12.6 Å². The van der Waals surface area contributed by atoms with E-state index in [1.54, 1.807) is 6.92 Å². The van der Waals surface area contributed by atoms with E-state index in [1.165, 1.54) is 25.7 Å². The number of hydrogen-bond acceptors (Lipinski definition) is 3. The lowest BCUT2D eigenvalue weighted by Crippen LogP contribution is -2.47. The van der Waals surface area contributed by atoms with Gasteiger partial charge in [0.15, 0.2) is 0 Å². The van der Waals surface area contributed by atoms with Crippen molar-refractivity contribution in [3.05, 3.63) is 0 Å². The van der Waals surface area contributed by atoms with Crippen molar-refractivity contribution in [2.24, 2.45) is 5.92 Å². The van der Waals surface area contributed by atoms with Crippen LogP contribution in [-0.2, 0) is 9.53 Å². The number of carboxylic acids is 1. The van der Waals surface area contributed by atoms with Gasteiger partial charge in [0.25, 0.3) is 0 Å².